The highest BCUT2D eigenvalue weighted by molar-refractivity contribution is 6.37. The molecule has 0 aliphatic carbocycles. The molecule has 1 unspecified atom stereocenters. The zero-order valence-corrected chi connectivity index (χ0v) is 13.0. The molecule has 5 heteroatoms. The monoisotopic (exact) mass is 315 g/mol. The van der Waals surface area contributed by atoms with Crippen molar-refractivity contribution in [2.75, 3.05) is 19.7 Å². The molecule has 1 aliphatic heterocycles. The van der Waals surface area contributed by atoms with Crippen molar-refractivity contribution in [1.82, 2.24) is 4.90 Å². The number of piperidine rings is 1. The van der Waals surface area contributed by atoms with Gasteiger partial charge in [-0.3, -0.25) is 9.69 Å². The molecule has 1 aromatic carbocycles. The first kappa shape index (κ1) is 15.8. The number of aliphatic hydroxyl groups excluding tert-OH is 1. The summed E-state index contributed by atoms with van der Waals surface area (Å²) < 4.78 is 0. The average molecular weight is 316 g/mol. The molecule has 1 atom stereocenters. The molecule has 2 rings (SSSR count). The molecule has 0 radical (unpaired) electrons. The molecule has 110 valence electrons. The van der Waals surface area contributed by atoms with Crippen LogP contribution in [0.3, 0.4) is 0 Å². The van der Waals surface area contributed by atoms with Crippen LogP contribution in [0.4, 0.5) is 0 Å². The van der Waals surface area contributed by atoms with Crippen LogP contribution in [0, 0.1) is 5.92 Å². The van der Waals surface area contributed by atoms with Gasteiger partial charge in [-0.25, -0.2) is 0 Å². The van der Waals surface area contributed by atoms with Crippen LogP contribution in [0.15, 0.2) is 18.2 Å². The number of hydrogen-bond acceptors (Lipinski definition) is 3. The van der Waals surface area contributed by atoms with Crippen LogP contribution in [-0.2, 0) is 0 Å². The van der Waals surface area contributed by atoms with Crippen molar-refractivity contribution >= 4 is 29.0 Å². The minimum absolute atomic E-state index is 0.0223. The van der Waals surface area contributed by atoms with Crippen LogP contribution in [0.25, 0.3) is 0 Å². The van der Waals surface area contributed by atoms with Crippen molar-refractivity contribution in [3.05, 3.63) is 33.8 Å². The summed E-state index contributed by atoms with van der Waals surface area (Å²) in [7, 11) is 0. The number of aliphatic hydroxyl groups is 1. The third-order valence-corrected chi connectivity index (χ3v) is 4.58. The zero-order chi connectivity index (χ0) is 14.7. The van der Waals surface area contributed by atoms with E-state index in [0.29, 0.717) is 21.5 Å². The number of Topliss-reactive ketones (excluding diaryl/α,β-unsaturated/α-hetero) is 1. The maximum Gasteiger partial charge on any atom is 0.181 e. The van der Waals surface area contributed by atoms with Gasteiger partial charge < -0.3 is 5.11 Å². The van der Waals surface area contributed by atoms with E-state index in [1.54, 1.807) is 18.2 Å². The van der Waals surface area contributed by atoms with E-state index in [2.05, 4.69) is 4.90 Å². The summed E-state index contributed by atoms with van der Waals surface area (Å²) in [6.45, 7) is 3.82. The summed E-state index contributed by atoms with van der Waals surface area (Å²) in [5.74, 6) is 0.391. The fraction of sp³-hybridized carbons (Fsp3) is 0.533. The van der Waals surface area contributed by atoms with Gasteiger partial charge >= 0.3 is 0 Å². The predicted octanol–water partition coefficient (Wildman–Crippen LogP) is 3.27. The normalized spacial score (nSPS) is 19.0. The molecule has 1 aliphatic rings. The molecule has 1 fully saturated rings. The van der Waals surface area contributed by atoms with E-state index in [9.17, 15) is 4.79 Å². The van der Waals surface area contributed by atoms with Gasteiger partial charge in [0.1, 0.15) is 0 Å². The van der Waals surface area contributed by atoms with Gasteiger partial charge in [-0.05, 0) is 57.0 Å². The van der Waals surface area contributed by atoms with Gasteiger partial charge in [0.2, 0.25) is 0 Å². The van der Waals surface area contributed by atoms with E-state index >= 15 is 0 Å². The summed E-state index contributed by atoms with van der Waals surface area (Å²) in [4.78, 5) is 14.7. The average Bonchev–Trinajstić information content (AvgIpc) is 2.46. The summed E-state index contributed by atoms with van der Waals surface area (Å²) in [5, 5.41) is 10.1. The predicted molar refractivity (Wildman–Crippen MR) is 81.6 cm³/mol. The van der Waals surface area contributed by atoms with E-state index in [0.717, 1.165) is 25.9 Å². The summed E-state index contributed by atoms with van der Waals surface area (Å²) >= 11 is 11.9. The van der Waals surface area contributed by atoms with E-state index in [1.807, 2.05) is 6.92 Å². The Bertz CT molecular complexity index is 485. The van der Waals surface area contributed by atoms with Gasteiger partial charge in [0.15, 0.2) is 5.78 Å². The van der Waals surface area contributed by atoms with Gasteiger partial charge in [-0.2, -0.15) is 0 Å². The Morgan fingerprint density at radius 3 is 2.60 bits per heavy atom. The van der Waals surface area contributed by atoms with Crippen LogP contribution in [0.1, 0.15) is 30.1 Å². The third kappa shape index (κ3) is 3.53. The number of carbonyl (C=O) groups is 1. The first-order chi connectivity index (χ1) is 9.52. The molecule has 0 saturated carbocycles. The second-order valence-electron chi connectivity index (χ2n) is 5.33. The molecule has 3 nitrogen and oxygen atoms in total. The number of benzene rings is 1. The fourth-order valence-electron chi connectivity index (χ4n) is 2.60. The largest absolute Gasteiger partial charge is 0.396 e. The fourth-order valence-corrected chi connectivity index (χ4v) is 3.10. The topological polar surface area (TPSA) is 40.5 Å². The molecule has 1 heterocycles. The maximum atomic E-state index is 12.5. The molecule has 1 N–H and O–H groups in total. The maximum absolute atomic E-state index is 12.5. The first-order valence-electron chi connectivity index (χ1n) is 6.87. The Morgan fingerprint density at radius 2 is 2.05 bits per heavy atom. The van der Waals surface area contributed by atoms with Crippen LogP contribution in [0.5, 0.6) is 0 Å². The molecule has 0 aromatic heterocycles. The van der Waals surface area contributed by atoms with Crippen molar-refractivity contribution in [3.8, 4) is 0 Å². The Labute approximate surface area is 129 Å². The lowest BCUT2D eigenvalue weighted by Gasteiger charge is -2.34. The summed E-state index contributed by atoms with van der Waals surface area (Å²) in [6.07, 6.45) is 1.87. The quantitative estimate of drug-likeness (QED) is 0.867. The van der Waals surface area contributed by atoms with Crippen LogP contribution < -0.4 is 0 Å². The van der Waals surface area contributed by atoms with Crippen molar-refractivity contribution in [2.24, 2.45) is 5.92 Å². The molecule has 20 heavy (non-hydrogen) atoms. The van der Waals surface area contributed by atoms with E-state index in [1.165, 1.54) is 0 Å². The van der Waals surface area contributed by atoms with Gasteiger partial charge in [-0.1, -0.05) is 23.2 Å². The highest BCUT2D eigenvalue weighted by atomic mass is 35.5. The minimum Gasteiger partial charge on any atom is -0.396 e. The van der Waals surface area contributed by atoms with Crippen molar-refractivity contribution in [3.63, 3.8) is 0 Å². The number of hydrogen-bond donors (Lipinski definition) is 1. The van der Waals surface area contributed by atoms with Gasteiger partial charge in [0.05, 0.1) is 11.1 Å². The Morgan fingerprint density at radius 1 is 1.40 bits per heavy atom. The molecule has 0 spiro atoms. The number of carbonyl (C=O) groups excluding carboxylic acids is 1. The number of halogens is 2. The third-order valence-electron chi connectivity index (χ3n) is 4.03. The van der Waals surface area contributed by atoms with E-state index in [-0.39, 0.29) is 18.4 Å². The molecular formula is C15H19Cl2NO2. The van der Waals surface area contributed by atoms with Crippen LogP contribution >= 0.6 is 23.2 Å². The van der Waals surface area contributed by atoms with Crippen LogP contribution in [0.2, 0.25) is 10.0 Å². The summed E-state index contributed by atoms with van der Waals surface area (Å²) in [5.41, 5.74) is 0.521. The Kier molecular flexibility index (Phi) is 5.44. The highest BCUT2D eigenvalue weighted by Crippen LogP contribution is 2.25. The standard InChI is InChI=1S/C15H19Cl2NO2/c1-10(18-6-4-11(9-19)5-7-18)15(20)13-3-2-12(16)8-14(13)17/h2-3,8,10-11,19H,4-7,9H2,1H3. The van der Waals surface area contributed by atoms with E-state index < -0.39 is 0 Å². The molecule has 0 amide bonds. The number of rotatable bonds is 4. The second-order valence-corrected chi connectivity index (χ2v) is 6.17. The molecule has 1 aromatic rings. The SMILES string of the molecule is CC(C(=O)c1ccc(Cl)cc1Cl)N1CCC(CO)CC1. The lowest BCUT2D eigenvalue weighted by Crippen LogP contribution is -2.44. The molecular weight excluding hydrogens is 297 g/mol. The number of ketones is 1. The smallest absolute Gasteiger partial charge is 0.181 e. The lowest BCUT2D eigenvalue weighted by atomic mass is 9.95. The second kappa shape index (κ2) is 6.90. The highest BCUT2D eigenvalue weighted by Gasteiger charge is 2.27. The van der Waals surface area contributed by atoms with Gasteiger partial charge in [0, 0.05) is 17.2 Å². The van der Waals surface area contributed by atoms with Crippen molar-refractivity contribution in [1.29, 1.82) is 0 Å². The zero-order valence-electron chi connectivity index (χ0n) is 11.5. The Hall–Kier alpha value is -0.610. The number of nitrogens with zero attached hydrogens (tertiary/aromatic N) is 1. The molecule has 1 saturated heterocycles. The van der Waals surface area contributed by atoms with Crippen molar-refractivity contribution < 1.29 is 9.90 Å². The van der Waals surface area contributed by atoms with Crippen molar-refractivity contribution in [2.45, 2.75) is 25.8 Å². The minimum atomic E-state index is -0.201. The first-order valence-corrected chi connectivity index (χ1v) is 7.62. The molecule has 0 bridgehead atoms. The summed E-state index contributed by atoms with van der Waals surface area (Å²) in [6, 6.07) is 4.77. The van der Waals surface area contributed by atoms with Crippen LogP contribution in [-0.4, -0.2) is 41.5 Å². The van der Waals surface area contributed by atoms with E-state index in [4.69, 9.17) is 28.3 Å². The lowest BCUT2D eigenvalue weighted by molar-refractivity contribution is 0.0721. The van der Waals surface area contributed by atoms with Gasteiger partial charge in [0.25, 0.3) is 0 Å². The van der Waals surface area contributed by atoms with Gasteiger partial charge in [-0.15, -0.1) is 0 Å². The Balaban J connectivity index is 2.05. The number of likely N-dealkylation sites (tertiary alicyclic amines) is 1.